The topological polar surface area (TPSA) is 101 Å². The van der Waals surface area contributed by atoms with Crippen LogP contribution in [0.25, 0.3) is 0 Å². The number of benzene rings is 1. The summed E-state index contributed by atoms with van der Waals surface area (Å²) in [4.78, 5) is 38.3. The van der Waals surface area contributed by atoms with E-state index in [1.807, 2.05) is 20.8 Å². The van der Waals surface area contributed by atoms with Crippen molar-refractivity contribution in [1.82, 2.24) is 10.2 Å². The minimum Gasteiger partial charge on any atom is -0.459 e. The molecular formula is C22H27N3O5. The number of amides is 3. The highest BCUT2D eigenvalue weighted by Crippen LogP contribution is 2.17. The van der Waals surface area contributed by atoms with Crippen molar-refractivity contribution in [2.24, 2.45) is 0 Å². The van der Waals surface area contributed by atoms with Gasteiger partial charge in [-0.25, -0.2) is 4.79 Å². The van der Waals surface area contributed by atoms with E-state index in [0.29, 0.717) is 37.2 Å². The molecule has 1 aromatic heterocycles. The molecule has 1 fully saturated rings. The largest absolute Gasteiger partial charge is 0.459 e. The fourth-order valence-electron chi connectivity index (χ4n) is 3.11. The molecule has 8 nitrogen and oxygen atoms in total. The van der Waals surface area contributed by atoms with Gasteiger partial charge >= 0.3 is 6.09 Å². The van der Waals surface area contributed by atoms with Crippen LogP contribution in [0.3, 0.4) is 0 Å². The molecule has 1 aliphatic heterocycles. The number of carbonyl (C=O) groups excluding carboxylic acids is 3. The summed E-state index contributed by atoms with van der Waals surface area (Å²) < 4.78 is 10.4. The second kappa shape index (κ2) is 9.02. The van der Waals surface area contributed by atoms with Gasteiger partial charge in [0.05, 0.1) is 6.26 Å². The maximum atomic E-state index is 12.5. The smallest absolute Gasteiger partial charge is 0.410 e. The SMILES string of the molecule is CC(C)(C)OC(=O)N1CCC(NC(=O)c2ccc(NC(=O)c3ccco3)cc2)CC1. The van der Waals surface area contributed by atoms with Crippen LogP contribution in [-0.2, 0) is 4.74 Å². The Bertz CT molecular complexity index is 876. The monoisotopic (exact) mass is 413 g/mol. The molecule has 2 N–H and O–H groups in total. The number of hydrogen-bond donors (Lipinski definition) is 2. The van der Waals surface area contributed by atoms with E-state index < -0.39 is 5.60 Å². The number of hydrogen-bond acceptors (Lipinski definition) is 5. The first-order chi connectivity index (χ1) is 14.2. The number of likely N-dealkylation sites (tertiary alicyclic amines) is 1. The van der Waals surface area contributed by atoms with E-state index in [1.165, 1.54) is 6.26 Å². The van der Waals surface area contributed by atoms with E-state index in [4.69, 9.17) is 9.15 Å². The minimum absolute atomic E-state index is 0.00508. The molecule has 3 rings (SSSR count). The Morgan fingerprint density at radius 1 is 1.03 bits per heavy atom. The first-order valence-corrected chi connectivity index (χ1v) is 9.95. The summed E-state index contributed by atoms with van der Waals surface area (Å²) in [5, 5.41) is 5.72. The molecule has 0 bridgehead atoms. The van der Waals surface area contributed by atoms with Gasteiger partial charge < -0.3 is 24.7 Å². The summed E-state index contributed by atoms with van der Waals surface area (Å²) in [6.07, 6.45) is 2.45. The molecule has 0 radical (unpaired) electrons. The van der Waals surface area contributed by atoms with Gasteiger partial charge in [-0.1, -0.05) is 0 Å². The van der Waals surface area contributed by atoms with E-state index in [-0.39, 0.29) is 29.7 Å². The molecule has 2 heterocycles. The zero-order valence-corrected chi connectivity index (χ0v) is 17.4. The third-order valence-corrected chi connectivity index (χ3v) is 4.63. The number of furan rings is 1. The van der Waals surface area contributed by atoms with Crippen LogP contribution in [0.2, 0.25) is 0 Å². The second-order valence-corrected chi connectivity index (χ2v) is 8.22. The van der Waals surface area contributed by atoms with Gasteiger partial charge in [0, 0.05) is 30.4 Å². The Morgan fingerprint density at radius 3 is 2.27 bits per heavy atom. The standard InChI is InChI=1S/C22H27N3O5/c1-22(2,3)30-21(28)25-12-10-17(11-13-25)23-19(26)15-6-8-16(9-7-15)24-20(27)18-5-4-14-29-18/h4-9,14,17H,10-13H2,1-3H3,(H,23,26)(H,24,27). The summed E-state index contributed by atoms with van der Waals surface area (Å²) >= 11 is 0. The molecule has 1 aliphatic rings. The van der Waals surface area contributed by atoms with Crippen LogP contribution in [0.5, 0.6) is 0 Å². The molecule has 0 saturated carbocycles. The molecule has 160 valence electrons. The van der Waals surface area contributed by atoms with Crippen molar-refractivity contribution < 1.29 is 23.5 Å². The number of piperidine rings is 1. The first-order valence-electron chi connectivity index (χ1n) is 9.95. The van der Waals surface area contributed by atoms with Crippen molar-refractivity contribution in [2.45, 2.75) is 45.3 Å². The van der Waals surface area contributed by atoms with E-state index in [9.17, 15) is 14.4 Å². The average molecular weight is 413 g/mol. The van der Waals surface area contributed by atoms with Crippen LogP contribution in [0.1, 0.15) is 54.5 Å². The summed E-state index contributed by atoms with van der Waals surface area (Å²) in [5.74, 6) is -0.321. The van der Waals surface area contributed by atoms with Gasteiger partial charge in [-0.3, -0.25) is 9.59 Å². The summed E-state index contributed by atoms with van der Waals surface area (Å²) in [7, 11) is 0. The minimum atomic E-state index is -0.522. The zero-order valence-electron chi connectivity index (χ0n) is 17.4. The van der Waals surface area contributed by atoms with Crippen LogP contribution in [-0.4, -0.2) is 47.5 Å². The molecular weight excluding hydrogens is 386 g/mol. The molecule has 2 aromatic rings. The summed E-state index contributed by atoms with van der Waals surface area (Å²) in [6, 6.07) is 9.86. The third-order valence-electron chi connectivity index (χ3n) is 4.63. The number of carbonyl (C=O) groups is 3. The Labute approximate surface area is 175 Å². The Kier molecular flexibility index (Phi) is 6.44. The molecule has 0 atom stereocenters. The lowest BCUT2D eigenvalue weighted by Gasteiger charge is -2.33. The lowest BCUT2D eigenvalue weighted by molar-refractivity contribution is 0.0199. The second-order valence-electron chi connectivity index (χ2n) is 8.22. The zero-order chi connectivity index (χ0) is 21.7. The number of anilines is 1. The molecule has 8 heteroatoms. The predicted molar refractivity (Wildman–Crippen MR) is 111 cm³/mol. The van der Waals surface area contributed by atoms with Crippen LogP contribution in [0, 0.1) is 0 Å². The Hall–Kier alpha value is -3.29. The normalized spacial score (nSPS) is 14.8. The highest BCUT2D eigenvalue weighted by Gasteiger charge is 2.27. The molecule has 30 heavy (non-hydrogen) atoms. The molecule has 1 aromatic carbocycles. The van der Waals surface area contributed by atoms with Gasteiger partial charge in [0.15, 0.2) is 5.76 Å². The van der Waals surface area contributed by atoms with Crippen molar-refractivity contribution in [2.75, 3.05) is 18.4 Å². The number of ether oxygens (including phenoxy) is 1. The van der Waals surface area contributed by atoms with E-state index in [2.05, 4.69) is 10.6 Å². The van der Waals surface area contributed by atoms with Gasteiger partial charge in [0.1, 0.15) is 5.60 Å². The predicted octanol–water partition coefficient (Wildman–Crippen LogP) is 3.66. The highest BCUT2D eigenvalue weighted by atomic mass is 16.6. The van der Waals surface area contributed by atoms with Crippen LogP contribution in [0.4, 0.5) is 10.5 Å². The van der Waals surface area contributed by atoms with E-state index in [0.717, 1.165) is 0 Å². The maximum absolute atomic E-state index is 12.5. The Morgan fingerprint density at radius 2 is 1.70 bits per heavy atom. The summed E-state index contributed by atoms with van der Waals surface area (Å²) in [5.41, 5.74) is 0.547. The van der Waals surface area contributed by atoms with Gasteiger partial charge in [-0.05, 0) is 70.0 Å². The molecule has 0 spiro atoms. The molecule has 3 amide bonds. The molecule has 0 unspecified atom stereocenters. The van der Waals surface area contributed by atoms with Crippen LogP contribution < -0.4 is 10.6 Å². The highest BCUT2D eigenvalue weighted by molar-refractivity contribution is 6.02. The maximum Gasteiger partial charge on any atom is 0.410 e. The van der Waals surface area contributed by atoms with E-state index >= 15 is 0 Å². The Balaban J connectivity index is 1.47. The number of nitrogens with one attached hydrogen (secondary N) is 2. The van der Waals surface area contributed by atoms with Gasteiger partial charge in [-0.2, -0.15) is 0 Å². The lowest BCUT2D eigenvalue weighted by atomic mass is 10.0. The molecule has 0 aliphatic carbocycles. The molecule has 1 saturated heterocycles. The number of nitrogens with zero attached hydrogens (tertiary/aromatic N) is 1. The average Bonchev–Trinajstić information content (AvgIpc) is 3.23. The quantitative estimate of drug-likeness (QED) is 0.797. The van der Waals surface area contributed by atoms with Gasteiger partial charge in [0.25, 0.3) is 11.8 Å². The van der Waals surface area contributed by atoms with Gasteiger partial charge in [-0.15, -0.1) is 0 Å². The first kappa shape index (κ1) is 21.4. The van der Waals surface area contributed by atoms with Crippen LogP contribution >= 0.6 is 0 Å². The summed E-state index contributed by atoms with van der Waals surface area (Å²) in [6.45, 7) is 6.60. The third kappa shape index (κ3) is 5.85. The fourth-order valence-corrected chi connectivity index (χ4v) is 3.11. The van der Waals surface area contributed by atoms with Crippen molar-refractivity contribution >= 4 is 23.6 Å². The van der Waals surface area contributed by atoms with Crippen molar-refractivity contribution in [1.29, 1.82) is 0 Å². The van der Waals surface area contributed by atoms with E-state index in [1.54, 1.807) is 41.3 Å². The van der Waals surface area contributed by atoms with Crippen LogP contribution in [0.15, 0.2) is 47.1 Å². The number of rotatable bonds is 4. The van der Waals surface area contributed by atoms with Crippen molar-refractivity contribution in [3.63, 3.8) is 0 Å². The lowest BCUT2D eigenvalue weighted by Crippen LogP contribution is -2.47. The van der Waals surface area contributed by atoms with Gasteiger partial charge in [0.2, 0.25) is 0 Å². The van der Waals surface area contributed by atoms with Crippen molar-refractivity contribution in [3.05, 3.63) is 54.0 Å². The van der Waals surface area contributed by atoms with Crippen molar-refractivity contribution in [3.8, 4) is 0 Å². The fraction of sp³-hybridized carbons (Fsp3) is 0.409.